The van der Waals surface area contributed by atoms with Gasteiger partial charge in [0.1, 0.15) is 6.61 Å². The molecule has 1 amide bonds. The predicted octanol–water partition coefficient (Wildman–Crippen LogP) is 2.65. The summed E-state index contributed by atoms with van der Waals surface area (Å²) in [5.41, 5.74) is 1.00. The smallest absolute Gasteiger partial charge is 0.229 e. The fourth-order valence-corrected chi connectivity index (χ4v) is 3.87. The minimum absolute atomic E-state index is 0.0111. The summed E-state index contributed by atoms with van der Waals surface area (Å²) in [7, 11) is 1.62. The number of fused-ring (bicyclic) bond motifs is 1. The highest BCUT2D eigenvalue weighted by Gasteiger charge is 2.28. The van der Waals surface area contributed by atoms with Crippen LogP contribution in [0.3, 0.4) is 0 Å². The van der Waals surface area contributed by atoms with Gasteiger partial charge in [-0.25, -0.2) is 0 Å². The number of carbonyl (C=O) groups excluding carboxylic acids is 1. The first-order valence-electron chi connectivity index (χ1n) is 9.63. The zero-order chi connectivity index (χ0) is 18.6. The van der Waals surface area contributed by atoms with E-state index in [-0.39, 0.29) is 11.8 Å². The molecule has 1 aromatic carbocycles. The Morgan fingerprint density at radius 1 is 1.33 bits per heavy atom. The van der Waals surface area contributed by atoms with Gasteiger partial charge in [0, 0.05) is 18.9 Å². The third kappa shape index (κ3) is 3.91. The van der Waals surface area contributed by atoms with Crippen LogP contribution in [0.15, 0.2) is 22.7 Å². The molecule has 0 spiro atoms. The Bertz CT molecular complexity index is 798. The van der Waals surface area contributed by atoms with Crippen molar-refractivity contribution in [3.8, 4) is 11.5 Å². The standard InChI is InChI=1S/C20H25N3O4/c1-25-16-8-4-7-14-11-15(12-26-18(14)16)19(24)21-10-9-17-22-20(27-23-17)13-5-2-3-6-13/h4,7-8,13,15H,2-3,5-6,9-12H2,1H3,(H,21,24)/t15-/m1/s1. The highest BCUT2D eigenvalue weighted by atomic mass is 16.5. The molecule has 0 bridgehead atoms. The summed E-state index contributed by atoms with van der Waals surface area (Å²) in [6.07, 6.45) is 5.94. The van der Waals surface area contributed by atoms with Crippen LogP contribution in [0.25, 0.3) is 0 Å². The topological polar surface area (TPSA) is 86.5 Å². The average Bonchev–Trinajstić information content (AvgIpc) is 3.38. The Balaban J connectivity index is 1.27. The number of methoxy groups -OCH3 is 1. The van der Waals surface area contributed by atoms with Gasteiger partial charge < -0.3 is 19.3 Å². The molecule has 4 rings (SSSR count). The first-order valence-corrected chi connectivity index (χ1v) is 9.63. The van der Waals surface area contributed by atoms with E-state index in [1.807, 2.05) is 18.2 Å². The van der Waals surface area contributed by atoms with E-state index in [4.69, 9.17) is 14.0 Å². The normalized spacial score (nSPS) is 19.4. The molecular formula is C20H25N3O4. The van der Waals surface area contributed by atoms with Crippen molar-refractivity contribution in [1.29, 1.82) is 0 Å². The summed E-state index contributed by atoms with van der Waals surface area (Å²) >= 11 is 0. The summed E-state index contributed by atoms with van der Waals surface area (Å²) in [5, 5.41) is 7.01. The van der Waals surface area contributed by atoms with Crippen molar-refractivity contribution in [3.05, 3.63) is 35.5 Å². The van der Waals surface area contributed by atoms with Gasteiger partial charge in [0.2, 0.25) is 11.8 Å². The summed E-state index contributed by atoms with van der Waals surface area (Å²) in [5.74, 6) is 3.06. The molecule has 144 valence electrons. The van der Waals surface area contributed by atoms with Crippen molar-refractivity contribution in [3.63, 3.8) is 0 Å². The van der Waals surface area contributed by atoms with Gasteiger partial charge in [-0.05, 0) is 30.9 Å². The molecule has 1 atom stereocenters. The number of hydrogen-bond donors (Lipinski definition) is 1. The van der Waals surface area contributed by atoms with Gasteiger partial charge in [0.15, 0.2) is 17.3 Å². The first-order chi connectivity index (χ1) is 13.2. The molecule has 0 unspecified atom stereocenters. The average molecular weight is 371 g/mol. The molecule has 0 radical (unpaired) electrons. The van der Waals surface area contributed by atoms with Crippen LogP contribution < -0.4 is 14.8 Å². The van der Waals surface area contributed by atoms with Crippen LogP contribution >= 0.6 is 0 Å². The Morgan fingerprint density at radius 3 is 3.00 bits per heavy atom. The minimum atomic E-state index is -0.205. The molecule has 2 aromatic rings. The summed E-state index contributed by atoms with van der Waals surface area (Å²) < 4.78 is 16.5. The van der Waals surface area contributed by atoms with E-state index in [9.17, 15) is 4.79 Å². The highest BCUT2D eigenvalue weighted by Crippen LogP contribution is 2.36. The Labute approximate surface area is 158 Å². The molecule has 7 heteroatoms. The number of aromatic nitrogens is 2. The van der Waals surface area contributed by atoms with Crippen molar-refractivity contribution < 1.29 is 18.8 Å². The largest absolute Gasteiger partial charge is 0.493 e. The van der Waals surface area contributed by atoms with Gasteiger partial charge >= 0.3 is 0 Å². The molecule has 1 N–H and O–H groups in total. The summed E-state index contributed by atoms with van der Waals surface area (Å²) in [6, 6.07) is 5.75. The van der Waals surface area contributed by atoms with Crippen molar-refractivity contribution >= 4 is 5.91 Å². The minimum Gasteiger partial charge on any atom is -0.493 e. The molecule has 1 aliphatic heterocycles. The predicted molar refractivity (Wildman–Crippen MR) is 97.9 cm³/mol. The molecule has 1 aromatic heterocycles. The SMILES string of the molecule is COc1cccc2c1OC[C@H](C(=O)NCCc1noc(C3CCCC3)n1)C2. The van der Waals surface area contributed by atoms with E-state index in [1.54, 1.807) is 7.11 Å². The molecule has 7 nitrogen and oxygen atoms in total. The molecule has 1 saturated carbocycles. The summed E-state index contributed by atoms with van der Waals surface area (Å²) in [4.78, 5) is 17.0. The first kappa shape index (κ1) is 17.8. The van der Waals surface area contributed by atoms with Gasteiger partial charge in [0.25, 0.3) is 0 Å². The van der Waals surface area contributed by atoms with Gasteiger partial charge in [-0.2, -0.15) is 4.98 Å². The van der Waals surface area contributed by atoms with Crippen molar-refractivity contribution in [2.24, 2.45) is 5.92 Å². The molecule has 1 aliphatic carbocycles. The fourth-order valence-electron chi connectivity index (χ4n) is 3.87. The van der Waals surface area contributed by atoms with Gasteiger partial charge in [-0.3, -0.25) is 4.79 Å². The molecular weight excluding hydrogens is 346 g/mol. The van der Waals surface area contributed by atoms with Crippen molar-refractivity contribution in [2.75, 3.05) is 20.3 Å². The maximum Gasteiger partial charge on any atom is 0.229 e. The number of amides is 1. The lowest BCUT2D eigenvalue weighted by atomic mass is 9.95. The number of benzene rings is 1. The van der Waals surface area contributed by atoms with Crippen LogP contribution in [0, 0.1) is 5.92 Å². The van der Waals surface area contributed by atoms with E-state index in [0.717, 1.165) is 30.0 Å². The van der Waals surface area contributed by atoms with E-state index in [0.29, 0.717) is 43.5 Å². The molecule has 2 aliphatic rings. The third-order valence-electron chi connectivity index (χ3n) is 5.38. The maximum absolute atomic E-state index is 12.5. The highest BCUT2D eigenvalue weighted by molar-refractivity contribution is 5.79. The third-order valence-corrected chi connectivity index (χ3v) is 5.38. The van der Waals surface area contributed by atoms with Crippen LogP contribution in [-0.2, 0) is 17.6 Å². The monoisotopic (exact) mass is 371 g/mol. The second-order valence-electron chi connectivity index (χ2n) is 7.23. The Hall–Kier alpha value is -2.57. The lowest BCUT2D eigenvalue weighted by Crippen LogP contribution is -2.38. The lowest BCUT2D eigenvalue weighted by molar-refractivity contribution is -0.126. The van der Waals surface area contributed by atoms with Crippen LogP contribution in [0.1, 0.15) is 48.9 Å². The number of nitrogens with zero attached hydrogens (tertiary/aromatic N) is 2. The van der Waals surface area contributed by atoms with Gasteiger partial charge in [0.05, 0.1) is 13.0 Å². The van der Waals surface area contributed by atoms with E-state index in [2.05, 4.69) is 15.5 Å². The lowest BCUT2D eigenvalue weighted by Gasteiger charge is -2.25. The molecule has 27 heavy (non-hydrogen) atoms. The Kier molecular flexibility index (Phi) is 5.27. The molecule has 0 saturated heterocycles. The van der Waals surface area contributed by atoms with Crippen molar-refractivity contribution in [2.45, 2.75) is 44.4 Å². The zero-order valence-electron chi connectivity index (χ0n) is 15.6. The van der Waals surface area contributed by atoms with E-state index in [1.165, 1.54) is 12.8 Å². The fraction of sp³-hybridized carbons (Fsp3) is 0.550. The van der Waals surface area contributed by atoms with Crippen LogP contribution in [0.2, 0.25) is 0 Å². The second-order valence-corrected chi connectivity index (χ2v) is 7.23. The number of hydrogen-bond acceptors (Lipinski definition) is 6. The number of rotatable bonds is 6. The summed E-state index contributed by atoms with van der Waals surface area (Å²) in [6.45, 7) is 0.844. The van der Waals surface area contributed by atoms with E-state index >= 15 is 0 Å². The van der Waals surface area contributed by atoms with Crippen LogP contribution in [-0.4, -0.2) is 36.3 Å². The number of carbonyl (C=O) groups is 1. The van der Waals surface area contributed by atoms with Gasteiger partial charge in [-0.1, -0.05) is 30.1 Å². The van der Waals surface area contributed by atoms with Gasteiger partial charge in [-0.15, -0.1) is 0 Å². The van der Waals surface area contributed by atoms with Crippen LogP contribution in [0.4, 0.5) is 0 Å². The van der Waals surface area contributed by atoms with Crippen LogP contribution in [0.5, 0.6) is 11.5 Å². The number of nitrogens with one attached hydrogen (secondary N) is 1. The molecule has 2 heterocycles. The quantitative estimate of drug-likeness (QED) is 0.840. The zero-order valence-corrected chi connectivity index (χ0v) is 15.6. The van der Waals surface area contributed by atoms with E-state index < -0.39 is 0 Å². The Morgan fingerprint density at radius 2 is 2.19 bits per heavy atom. The number of ether oxygens (including phenoxy) is 2. The number of para-hydroxylation sites is 1. The molecule has 1 fully saturated rings. The maximum atomic E-state index is 12.5. The van der Waals surface area contributed by atoms with Crippen molar-refractivity contribution in [1.82, 2.24) is 15.5 Å². The second kappa shape index (κ2) is 7.98.